The van der Waals surface area contributed by atoms with E-state index in [0.29, 0.717) is 0 Å². The number of hydrogen-bond donors (Lipinski definition) is 0. The van der Waals surface area contributed by atoms with E-state index in [1.807, 2.05) is 7.05 Å². The molecule has 1 rings (SSSR count). The highest BCUT2D eigenvalue weighted by molar-refractivity contribution is 5.77. The van der Waals surface area contributed by atoms with Gasteiger partial charge >= 0.3 is 0 Å². The van der Waals surface area contributed by atoms with Crippen molar-refractivity contribution in [3.8, 4) is 0 Å². The molecule has 3 nitrogen and oxygen atoms in total. The van der Waals surface area contributed by atoms with Gasteiger partial charge in [0.05, 0.1) is 0 Å². The summed E-state index contributed by atoms with van der Waals surface area (Å²) < 4.78 is 4.80. The third kappa shape index (κ3) is 3.35. The number of rotatable bonds is 4. The van der Waals surface area contributed by atoms with Crippen molar-refractivity contribution in [2.24, 2.45) is 5.92 Å². The minimum absolute atomic E-state index is 0.0920. The summed E-state index contributed by atoms with van der Waals surface area (Å²) in [6.45, 7) is 1.12. The Morgan fingerprint density at radius 2 is 2.08 bits per heavy atom. The van der Waals surface area contributed by atoms with Gasteiger partial charge in [0.2, 0.25) is 5.91 Å². The Morgan fingerprint density at radius 1 is 1.46 bits per heavy atom. The lowest BCUT2D eigenvalue weighted by Crippen LogP contribution is -2.33. The van der Waals surface area contributed by atoms with Gasteiger partial charge < -0.3 is 9.64 Å². The molecule has 76 valence electrons. The van der Waals surface area contributed by atoms with Crippen LogP contribution in [0.4, 0.5) is 0 Å². The van der Waals surface area contributed by atoms with Crippen molar-refractivity contribution >= 4 is 5.91 Å². The van der Waals surface area contributed by atoms with Crippen LogP contribution in [0.2, 0.25) is 0 Å². The molecule has 0 bridgehead atoms. The number of methoxy groups -OCH3 is 1. The number of amides is 1. The maximum atomic E-state index is 11.3. The molecule has 1 aliphatic carbocycles. The monoisotopic (exact) mass is 185 g/mol. The smallest absolute Gasteiger partial charge is 0.248 e. The van der Waals surface area contributed by atoms with E-state index in [9.17, 15) is 4.79 Å². The fourth-order valence-corrected chi connectivity index (χ4v) is 1.92. The first-order valence-corrected chi connectivity index (χ1v) is 4.97. The summed E-state index contributed by atoms with van der Waals surface area (Å²) in [6, 6.07) is 0. The van der Waals surface area contributed by atoms with Gasteiger partial charge in [0.15, 0.2) is 0 Å². The second-order valence-electron chi connectivity index (χ2n) is 3.86. The van der Waals surface area contributed by atoms with Crippen molar-refractivity contribution in [3.05, 3.63) is 0 Å². The fourth-order valence-electron chi connectivity index (χ4n) is 1.92. The van der Waals surface area contributed by atoms with Gasteiger partial charge in [-0.05, 0) is 18.8 Å². The number of likely N-dealkylation sites (N-methyl/N-ethyl adjacent to an activating group) is 1. The van der Waals surface area contributed by atoms with Gasteiger partial charge in [0.1, 0.15) is 6.61 Å². The number of hydrogen-bond acceptors (Lipinski definition) is 2. The maximum Gasteiger partial charge on any atom is 0.248 e. The first kappa shape index (κ1) is 10.5. The first-order chi connectivity index (χ1) is 6.24. The van der Waals surface area contributed by atoms with Crippen LogP contribution in [0.1, 0.15) is 25.7 Å². The van der Waals surface area contributed by atoms with Gasteiger partial charge in [-0.1, -0.05) is 12.8 Å². The van der Waals surface area contributed by atoms with E-state index < -0.39 is 0 Å². The summed E-state index contributed by atoms with van der Waals surface area (Å²) in [5.41, 5.74) is 0. The molecule has 0 radical (unpaired) electrons. The Morgan fingerprint density at radius 3 is 2.62 bits per heavy atom. The predicted molar refractivity (Wildman–Crippen MR) is 51.5 cm³/mol. The van der Waals surface area contributed by atoms with E-state index in [-0.39, 0.29) is 12.5 Å². The zero-order valence-electron chi connectivity index (χ0n) is 8.58. The van der Waals surface area contributed by atoms with Gasteiger partial charge in [-0.2, -0.15) is 0 Å². The number of carbonyl (C=O) groups excluding carboxylic acids is 1. The van der Waals surface area contributed by atoms with E-state index >= 15 is 0 Å². The molecule has 0 N–H and O–H groups in total. The molecule has 0 spiro atoms. The third-order valence-electron chi connectivity index (χ3n) is 2.70. The second kappa shape index (κ2) is 5.22. The molecule has 1 amide bonds. The van der Waals surface area contributed by atoms with E-state index in [1.54, 1.807) is 12.0 Å². The molecule has 1 aliphatic rings. The molecule has 0 aromatic carbocycles. The maximum absolute atomic E-state index is 11.3. The van der Waals surface area contributed by atoms with Crippen molar-refractivity contribution in [3.63, 3.8) is 0 Å². The Labute approximate surface area is 80.1 Å². The molecule has 1 fully saturated rings. The molecule has 3 heteroatoms. The minimum Gasteiger partial charge on any atom is -0.375 e. The molecule has 1 saturated carbocycles. The quantitative estimate of drug-likeness (QED) is 0.660. The van der Waals surface area contributed by atoms with Crippen LogP contribution in [0.15, 0.2) is 0 Å². The molecule has 0 aromatic heterocycles. The van der Waals surface area contributed by atoms with Crippen molar-refractivity contribution in [2.45, 2.75) is 25.7 Å². The van der Waals surface area contributed by atoms with Crippen LogP contribution in [0, 0.1) is 5.92 Å². The first-order valence-electron chi connectivity index (χ1n) is 4.97. The van der Waals surface area contributed by atoms with Crippen LogP contribution in [-0.4, -0.2) is 38.1 Å². The highest BCUT2D eigenvalue weighted by atomic mass is 16.5. The lowest BCUT2D eigenvalue weighted by atomic mass is 10.1. The van der Waals surface area contributed by atoms with Crippen LogP contribution < -0.4 is 0 Å². The average molecular weight is 185 g/mol. The van der Waals surface area contributed by atoms with Gasteiger partial charge in [0.25, 0.3) is 0 Å². The molecule has 0 atom stereocenters. The molecule has 0 saturated heterocycles. The fraction of sp³-hybridized carbons (Fsp3) is 0.900. The summed E-state index contributed by atoms with van der Waals surface area (Å²) in [5, 5.41) is 0. The number of carbonyl (C=O) groups is 1. The molecular formula is C10H19NO2. The van der Waals surface area contributed by atoms with Crippen molar-refractivity contribution in [1.82, 2.24) is 4.90 Å². The zero-order valence-corrected chi connectivity index (χ0v) is 8.58. The summed E-state index contributed by atoms with van der Waals surface area (Å²) >= 11 is 0. The summed E-state index contributed by atoms with van der Waals surface area (Å²) in [5.74, 6) is 0.820. The topological polar surface area (TPSA) is 29.5 Å². The normalized spacial score (nSPS) is 17.7. The van der Waals surface area contributed by atoms with Crippen LogP contribution in [0.3, 0.4) is 0 Å². The van der Waals surface area contributed by atoms with Crippen molar-refractivity contribution < 1.29 is 9.53 Å². The van der Waals surface area contributed by atoms with Crippen molar-refractivity contribution in [1.29, 1.82) is 0 Å². The number of nitrogens with zero attached hydrogens (tertiary/aromatic N) is 1. The van der Waals surface area contributed by atoms with E-state index in [1.165, 1.54) is 25.7 Å². The Hall–Kier alpha value is -0.570. The highest BCUT2D eigenvalue weighted by Gasteiger charge is 2.18. The molecule has 13 heavy (non-hydrogen) atoms. The van der Waals surface area contributed by atoms with Gasteiger partial charge in [-0.15, -0.1) is 0 Å². The molecule has 0 aromatic rings. The highest BCUT2D eigenvalue weighted by Crippen LogP contribution is 2.25. The van der Waals surface area contributed by atoms with Crippen LogP contribution >= 0.6 is 0 Å². The van der Waals surface area contributed by atoms with Crippen LogP contribution in [-0.2, 0) is 9.53 Å². The standard InChI is InChI=1S/C10H19NO2/c1-11(10(12)8-13-2)7-9-5-3-4-6-9/h9H,3-8H2,1-2H3. The molecule has 0 aliphatic heterocycles. The van der Waals surface area contributed by atoms with Gasteiger partial charge in [-0.25, -0.2) is 0 Å². The van der Waals surface area contributed by atoms with Crippen LogP contribution in [0.5, 0.6) is 0 Å². The molecule has 0 heterocycles. The second-order valence-corrected chi connectivity index (χ2v) is 3.86. The van der Waals surface area contributed by atoms with Crippen LogP contribution in [0.25, 0.3) is 0 Å². The lowest BCUT2D eigenvalue weighted by molar-refractivity contribution is -0.134. The summed E-state index contributed by atoms with van der Waals surface area (Å²) in [4.78, 5) is 13.1. The van der Waals surface area contributed by atoms with Gasteiger partial charge in [0, 0.05) is 20.7 Å². The minimum atomic E-state index is 0.0920. The molecule has 0 unspecified atom stereocenters. The Bertz CT molecular complexity index is 164. The average Bonchev–Trinajstić information content (AvgIpc) is 2.57. The SMILES string of the molecule is COCC(=O)N(C)CC1CCCC1. The number of ether oxygens (including phenoxy) is 1. The van der Waals surface area contributed by atoms with E-state index in [0.717, 1.165) is 12.5 Å². The largest absolute Gasteiger partial charge is 0.375 e. The van der Waals surface area contributed by atoms with Crippen molar-refractivity contribution in [2.75, 3.05) is 27.3 Å². The Kier molecular flexibility index (Phi) is 4.22. The Balaban J connectivity index is 2.22. The zero-order chi connectivity index (χ0) is 9.68. The predicted octanol–water partition coefficient (Wildman–Crippen LogP) is 1.28. The third-order valence-corrected chi connectivity index (χ3v) is 2.70. The lowest BCUT2D eigenvalue weighted by Gasteiger charge is -2.20. The van der Waals surface area contributed by atoms with E-state index in [2.05, 4.69) is 0 Å². The molecular weight excluding hydrogens is 166 g/mol. The van der Waals surface area contributed by atoms with Gasteiger partial charge in [-0.3, -0.25) is 4.79 Å². The van der Waals surface area contributed by atoms with E-state index in [4.69, 9.17) is 4.74 Å². The summed E-state index contributed by atoms with van der Waals surface area (Å²) in [7, 11) is 3.42. The summed E-state index contributed by atoms with van der Waals surface area (Å²) in [6.07, 6.45) is 5.23.